The number of carbonyl (C=O) groups excluding carboxylic acids is 3. The minimum atomic E-state index is -5.06. The molecule has 2 N–H and O–H groups in total. The van der Waals surface area contributed by atoms with Crippen molar-refractivity contribution in [2.75, 3.05) is 24.4 Å². The molecule has 2 rings (SSSR count). The van der Waals surface area contributed by atoms with Crippen LogP contribution < -0.4 is 15.4 Å². The number of rotatable bonds is 6. The van der Waals surface area contributed by atoms with Crippen molar-refractivity contribution in [3.63, 3.8) is 0 Å². The Balaban J connectivity index is 1.95. The van der Waals surface area contributed by atoms with Gasteiger partial charge in [-0.05, 0) is 30.3 Å². The van der Waals surface area contributed by atoms with Crippen LogP contribution in [0.1, 0.15) is 10.4 Å². The molecule has 0 atom stereocenters. The molecule has 28 heavy (non-hydrogen) atoms. The van der Waals surface area contributed by atoms with Gasteiger partial charge in [-0.3, -0.25) is 9.59 Å². The quantitative estimate of drug-likeness (QED) is 0.733. The third kappa shape index (κ3) is 5.73. The van der Waals surface area contributed by atoms with E-state index in [0.29, 0.717) is 11.4 Å². The number of carbonyl (C=O) groups is 3. The molecule has 0 radical (unpaired) electrons. The van der Waals surface area contributed by atoms with Gasteiger partial charge in [0, 0.05) is 5.69 Å². The van der Waals surface area contributed by atoms with Crippen molar-refractivity contribution in [1.29, 1.82) is 0 Å². The molecule has 0 aromatic heterocycles. The number of esters is 1. The normalized spacial score (nSPS) is 10.7. The maximum Gasteiger partial charge on any atom is 0.471 e. The van der Waals surface area contributed by atoms with Crippen LogP contribution in [-0.2, 0) is 14.3 Å². The monoisotopic (exact) mass is 396 g/mol. The summed E-state index contributed by atoms with van der Waals surface area (Å²) in [5, 5.41) is 4.12. The predicted molar refractivity (Wildman–Crippen MR) is 93.0 cm³/mol. The van der Waals surface area contributed by atoms with Gasteiger partial charge in [0.05, 0.1) is 18.4 Å². The molecule has 0 aliphatic carbocycles. The smallest absolute Gasteiger partial charge is 0.471 e. The Bertz CT molecular complexity index is 884. The lowest BCUT2D eigenvalue weighted by molar-refractivity contribution is -0.167. The number of nitrogens with one attached hydrogen (secondary N) is 2. The summed E-state index contributed by atoms with van der Waals surface area (Å²) in [7, 11) is 1.43. The Morgan fingerprint density at radius 2 is 1.71 bits per heavy atom. The molecule has 0 saturated heterocycles. The highest BCUT2D eigenvalue weighted by atomic mass is 19.4. The number of methoxy groups -OCH3 is 1. The van der Waals surface area contributed by atoms with Gasteiger partial charge in [-0.2, -0.15) is 13.2 Å². The summed E-state index contributed by atoms with van der Waals surface area (Å²) in [6, 6.07) is 11.3. The molecule has 0 unspecified atom stereocenters. The average Bonchev–Trinajstić information content (AvgIpc) is 2.66. The van der Waals surface area contributed by atoms with Crippen LogP contribution in [0.15, 0.2) is 48.5 Å². The van der Waals surface area contributed by atoms with Crippen molar-refractivity contribution in [2.45, 2.75) is 6.18 Å². The van der Waals surface area contributed by atoms with Crippen molar-refractivity contribution in [1.82, 2.24) is 0 Å². The summed E-state index contributed by atoms with van der Waals surface area (Å²) in [6.07, 6.45) is -5.06. The second-order valence-corrected chi connectivity index (χ2v) is 5.36. The molecule has 0 bridgehead atoms. The third-order valence-electron chi connectivity index (χ3n) is 3.33. The summed E-state index contributed by atoms with van der Waals surface area (Å²) < 4.78 is 46.7. The largest absolute Gasteiger partial charge is 0.495 e. The molecule has 7 nitrogen and oxygen atoms in total. The van der Waals surface area contributed by atoms with Gasteiger partial charge in [-0.15, -0.1) is 0 Å². The zero-order valence-corrected chi connectivity index (χ0v) is 14.5. The first-order valence-corrected chi connectivity index (χ1v) is 7.79. The first-order valence-electron chi connectivity index (χ1n) is 7.79. The van der Waals surface area contributed by atoms with Gasteiger partial charge in [0.15, 0.2) is 6.61 Å². The number of halogens is 3. The predicted octanol–water partition coefficient (Wildman–Crippen LogP) is 2.99. The zero-order valence-electron chi connectivity index (χ0n) is 14.5. The van der Waals surface area contributed by atoms with Gasteiger partial charge in [-0.1, -0.05) is 18.2 Å². The van der Waals surface area contributed by atoms with Gasteiger partial charge >= 0.3 is 18.1 Å². The summed E-state index contributed by atoms with van der Waals surface area (Å²) >= 11 is 0. The Labute approximate surface area is 157 Å². The first kappa shape index (κ1) is 20.7. The van der Waals surface area contributed by atoms with Gasteiger partial charge in [0.25, 0.3) is 5.91 Å². The molecule has 2 amide bonds. The van der Waals surface area contributed by atoms with Crippen LogP contribution >= 0.6 is 0 Å². The van der Waals surface area contributed by atoms with E-state index in [1.54, 1.807) is 29.6 Å². The Kier molecular flexibility index (Phi) is 6.59. The van der Waals surface area contributed by atoms with Gasteiger partial charge in [0.2, 0.25) is 0 Å². The van der Waals surface area contributed by atoms with Crippen molar-refractivity contribution < 1.29 is 37.0 Å². The minimum absolute atomic E-state index is 0.134. The van der Waals surface area contributed by atoms with E-state index in [2.05, 4.69) is 5.32 Å². The Morgan fingerprint density at radius 3 is 2.39 bits per heavy atom. The highest BCUT2D eigenvalue weighted by molar-refractivity contribution is 5.98. The van der Waals surface area contributed by atoms with Crippen molar-refractivity contribution in [2.24, 2.45) is 0 Å². The molecule has 0 saturated carbocycles. The molecule has 0 heterocycles. The van der Waals surface area contributed by atoms with Crippen LogP contribution in [0.25, 0.3) is 0 Å². The molecule has 2 aromatic rings. The summed E-state index contributed by atoms with van der Waals surface area (Å²) in [5.41, 5.74) is 0.00299. The van der Waals surface area contributed by atoms with Crippen LogP contribution in [-0.4, -0.2) is 37.7 Å². The van der Waals surface area contributed by atoms with Crippen LogP contribution in [0.4, 0.5) is 24.5 Å². The Hall–Kier alpha value is -3.56. The molecular weight excluding hydrogens is 381 g/mol. The van der Waals surface area contributed by atoms with E-state index >= 15 is 0 Å². The number of benzene rings is 2. The molecule has 148 valence electrons. The van der Waals surface area contributed by atoms with Gasteiger partial charge in [-0.25, -0.2) is 4.79 Å². The average molecular weight is 396 g/mol. The fourth-order valence-corrected chi connectivity index (χ4v) is 2.07. The van der Waals surface area contributed by atoms with E-state index in [4.69, 9.17) is 9.47 Å². The van der Waals surface area contributed by atoms with Crippen molar-refractivity contribution in [3.05, 3.63) is 54.1 Å². The summed E-state index contributed by atoms with van der Waals surface area (Å²) in [4.78, 5) is 34.9. The summed E-state index contributed by atoms with van der Waals surface area (Å²) in [5.74, 6) is -3.35. The zero-order chi connectivity index (χ0) is 20.7. The molecular formula is C18H15F3N2O5. The number of amides is 2. The molecule has 10 heteroatoms. The van der Waals surface area contributed by atoms with Gasteiger partial charge in [0.1, 0.15) is 5.75 Å². The fourth-order valence-electron chi connectivity index (χ4n) is 2.07. The first-order chi connectivity index (χ1) is 13.2. The molecule has 0 aliphatic rings. The SMILES string of the molecule is COc1ccccc1NC(=O)COC(=O)c1cccc(NC(=O)C(F)(F)F)c1. The number of anilines is 2. The lowest BCUT2D eigenvalue weighted by Gasteiger charge is -2.11. The van der Waals surface area contributed by atoms with Crippen LogP contribution in [0.5, 0.6) is 5.75 Å². The van der Waals surface area contributed by atoms with E-state index in [1.165, 1.54) is 25.3 Å². The van der Waals surface area contributed by atoms with Crippen LogP contribution in [0.3, 0.4) is 0 Å². The van der Waals surface area contributed by atoms with Gasteiger partial charge < -0.3 is 20.1 Å². The van der Waals surface area contributed by atoms with E-state index in [1.807, 2.05) is 0 Å². The molecule has 2 aromatic carbocycles. The number of alkyl halides is 3. The molecule has 0 aliphatic heterocycles. The second kappa shape index (κ2) is 8.89. The Morgan fingerprint density at radius 1 is 1.00 bits per heavy atom. The fraction of sp³-hybridized carbons (Fsp3) is 0.167. The lowest BCUT2D eigenvalue weighted by atomic mass is 10.2. The maximum absolute atomic E-state index is 12.3. The molecule has 0 fully saturated rings. The standard InChI is InChI=1S/C18H15F3N2O5/c1-27-14-8-3-2-7-13(14)23-15(24)10-28-16(25)11-5-4-6-12(9-11)22-17(26)18(19,20)21/h2-9H,10H2,1H3,(H,22,26)(H,23,24). The number of hydrogen-bond acceptors (Lipinski definition) is 5. The summed E-state index contributed by atoms with van der Waals surface area (Å²) in [6.45, 7) is -0.629. The van der Waals surface area contributed by atoms with E-state index in [0.717, 1.165) is 6.07 Å². The van der Waals surface area contributed by atoms with E-state index in [9.17, 15) is 27.6 Å². The number of para-hydroxylation sites is 2. The number of ether oxygens (including phenoxy) is 2. The highest BCUT2D eigenvalue weighted by Crippen LogP contribution is 2.23. The number of hydrogen-bond donors (Lipinski definition) is 2. The molecule has 0 spiro atoms. The topological polar surface area (TPSA) is 93.7 Å². The highest BCUT2D eigenvalue weighted by Gasteiger charge is 2.38. The van der Waals surface area contributed by atoms with Crippen molar-refractivity contribution in [3.8, 4) is 5.75 Å². The third-order valence-corrected chi connectivity index (χ3v) is 3.33. The van der Waals surface area contributed by atoms with Crippen LogP contribution in [0, 0.1) is 0 Å². The lowest BCUT2D eigenvalue weighted by Crippen LogP contribution is -2.30. The second-order valence-electron chi connectivity index (χ2n) is 5.36. The van der Waals surface area contributed by atoms with E-state index < -0.39 is 30.6 Å². The minimum Gasteiger partial charge on any atom is -0.495 e. The van der Waals surface area contributed by atoms with Crippen molar-refractivity contribution >= 4 is 29.2 Å². The maximum atomic E-state index is 12.3. The van der Waals surface area contributed by atoms with E-state index in [-0.39, 0.29) is 11.3 Å². The van der Waals surface area contributed by atoms with Crippen LogP contribution in [0.2, 0.25) is 0 Å².